The number of rotatable bonds is 5. The van der Waals surface area contributed by atoms with Crippen LogP contribution >= 0.6 is 0 Å². The number of nitrogens with zero attached hydrogens (tertiary/aromatic N) is 2. The lowest BCUT2D eigenvalue weighted by Crippen LogP contribution is -2.28. The van der Waals surface area contributed by atoms with Gasteiger partial charge in [0.05, 0.1) is 24.1 Å². The molecular weight excluding hydrogens is 244 g/mol. The Labute approximate surface area is 110 Å². The van der Waals surface area contributed by atoms with E-state index < -0.39 is 0 Å². The minimum atomic E-state index is -0.262. The van der Waals surface area contributed by atoms with E-state index in [-0.39, 0.29) is 12.5 Å². The molecule has 2 aromatic rings. The van der Waals surface area contributed by atoms with Crippen LogP contribution in [0.4, 0.5) is 0 Å². The lowest BCUT2D eigenvalue weighted by Gasteiger charge is -2.07. The number of para-hydroxylation sites is 1. The van der Waals surface area contributed by atoms with Crippen molar-refractivity contribution in [3.63, 3.8) is 0 Å². The van der Waals surface area contributed by atoms with E-state index in [1.165, 1.54) is 0 Å². The third-order valence-corrected chi connectivity index (χ3v) is 2.40. The van der Waals surface area contributed by atoms with Gasteiger partial charge < -0.3 is 15.0 Å². The van der Waals surface area contributed by atoms with Gasteiger partial charge in [0, 0.05) is 6.20 Å². The predicted molar refractivity (Wildman–Crippen MR) is 67.1 cm³/mol. The van der Waals surface area contributed by atoms with Crippen molar-refractivity contribution in [3.05, 3.63) is 48.0 Å². The zero-order valence-corrected chi connectivity index (χ0v) is 10.1. The number of ether oxygens (including phenoxy) is 1. The standard InChI is InChI=1S/C13H12N4O2/c14-5-10-3-1-2-4-12(10)19-8-13(18)16-7-11-6-15-9-17-11/h1-4,6,9H,7-8H2,(H,15,17)(H,16,18). The molecular formula is C13H12N4O2. The fraction of sp³-hybridized carbons (Fsp3) is 0.154. The first-order valence-corrected chi connectivity index (χ1v) is 5.65. The summed E-state index contributed by atoms with van der Waals surface area (Å²) in [5.41, 5.74) is 1.22. The summed E-state index contributed by atoms with van der Waals surface area (Å²) in [6.45, 7) is 0.231. The fourth-order valence-electron chi connectivity index (χ4n) is 1.45. The second kappa shape index (κ2) is 6.21. The third-order valence-electron chi connectivity index (χ3n) is 2.40. The molecule has 0 bridgehead atoms. The van der Waals surface area contributed by atoms with Crippen molar-refractivity contribution < 1.29 is 9.53 Å². The Balaban J connectivity index is 1.82. The minimum absolute atomic E-state index is 0.132. The molecule has 0 radical (unpaired) electrons. The Bertz CT molecular complexity index is 587. The van der Waals surface area contributed by atoms with Gasteiger partial charge in [0.25, 0.3) is 5.91 Å². The minimum Gasteiger partial charge on any atom is -0.482 e. The molecule has 96 valence electrons. The second-order valence-corrected chi connectivity index (χ2v) is 3.75. The molecule has 0 atom stereocenters. The maximum Gasteiger partial charge on any atom is 0.258 e. The largest absolute Gasteiger partial charge is 0.482 e. The van der Waals surface area contributed by atoms with Crippen LogP contribution in [0.1, 0.15) is 11.3 Å². The number of aromatic nitrogens is 2. The van der Waals surface area contributed by atoms with E-state index in [0.717, 1.165) is 5.69 Å². The number of aromatic amines is 1. The van der Waals surface area contributed by atoms with Gasteiger partial charge in [-0.3, -0.25) is 4.79 Å². The molecule has 0 aliphatic rings. The van der Waals surface area contributed by atoms with Crippen LogP contribution in [0.5, 0.6) is 5.75 Å². The highest BCUT2D eigenvalue weighted by Gasteiger charge is 2.06. The number of carbonyl (C=O) groups excluding carboxylic acids is 1. The van der Waals surface area contributed by atoms with Crippen LogP contribution in [0.25, 0.3) is 0 Å². The van der Waals surface area contributed by atoms with Crippen LogP contribution in [0, 0.1) is 11.3 Å². The molecule has 0 aliphatic heterocycles. The highest BCUT2D eigenvalue weighted by molar-refractivity contribution is 5.77. The summed E-state index contributed by atoms with van der Waals surface area (Å²) in [6, 6.07) is 8.78. The Hall–Kier alpha value is -2.81. The normalized spacial score (nSPS) is 9.63. The van der Waals surface area contributed by atoms with Crippen LogP contribution in [0.15, 0.2) is 36.8 Å². The molecule has 0 spiro atoms. The zero-order chi connectivity index (χ0) is 13.5. The maximum absolute atomic E-state index is 11.6. The van der Waals surface area contributed by atoms with E-state index in [9.17, 15) is 4.79 Å². The van der Waals surface area contributed by atoms with Gasteiger partial charge in [0.2, 0.25) is 0 Å². The van der Waals surface area contributed by atoms with E-state index in [0.29, 0.717) is 17.9 Å². The van der Waals surface area contributed by atoms with Gasteiger partial charge in [0.1, 0.15) is 11.8 Å². The fourth-order valence-corrected chi connectivity index (χ4v) is 1.45. The molecule has 1 aromatic heterocycles. The van der Waals surface area contributed by atoms with E-state index in [2.05, 4.69) is 15.3 Å². The molecule has 0 fully saturated rings. The lowest BCUT2D eigenvalue weighted by molar-refractivity contribution is -0.123. The first kappa shape index (κ1) is 12.6. The predicted octanol–water partition coefficient (Wildman–Crippen LogP) is 0.977. The number of hydrogen-bond donors (Lipinski definition) is 2. The number of benzene rings is 1. The molecule has 0 saturated carbocycles. The molecule has 0 unspecified atom stereocenters. The van der Waals surface area contributed by atoms with Crippen molar-refractivity contribution in [3.8, 4) is 11.8 Å². The summed E-state index contributed by atoms with van der Waals surface area (Å²) in [4.78, 5) is 18.3. The van der Waals surface area contributed by atoms with Gasteiger partial charge in [0.15, 0.2) is 6.61 Å². The van der Waals surface area contributed by atoms with Gasteiger partial charge in [-0.15, -0.1) is 0 Å². The van der Waals surface area contributed by atoms with Crippen LogP contribution in [-0.2, 0) is 11.3 Å². The summed E-state index contributed by atoms with van der Waals surface area (Å²) in [5.74, 6) is 0.143. The Morgan fingerprint density at radius 2 is 2.32 bits per heavy atom. The second-order valence-electron chi connectivity index (χ2n) is 3.75. The number of carbonyl (C=O) groups is 1. The first-order chi connectivity index (χ1) is 9.29. The van der Waals surface area contributed by atoms with Crippen molar-refractivity contribution >= 4 is 5.91 Å². The van der Waals surface area contributed by atoms with Gasteiger partial charge >= 0.3 is 0 Å². The van der Waals surface area contributed by atoms with Gasteiger partial charge in [-0.1, -0.05) is 12.1 Å². The molecule has 1 amide bonds. The summed E-state index contributed by atoms with van der Waals surface area (Å²) in [5, 5.41) is 11.5. The highest BCUT2D eigenvalue weighted by Crippen LogP contribution is 2.16. The van der Waals surface area contributed by atoms with E-state index in [1.807, 2.05) is 6.07 Å². The quantitative estimate of drug-likeness (QED) is 0.834. The van der Waals surface area contributed by atoms with Crippen LogP contribution in [0.3, 0.4) is 0 Å². The molecule has 6 heteroatoms. The topological polar surface area (TPSA) is 90.8 Å². The van der Waals surface area contributed by atoms with Crippen LogP contribution in [0.2, 0.25) is 0 Å². The van der Waals surface area contributed by atoms with E-state index in [4.69, 9.17) is 10.00 Å². The van der Waals surface area contributed by atoms with Crippen molar-refractivity contribution in [2.24, 2.45) is 0 Å². The molecule has 1 aromatic carbocycles. The Morgan fingerprint density at radius 3 is 3.05 bits per heavy atom. The molecule has 6 nitrogen and oxygen atoms in total. The maximum atomic E-state index is 11.6. The first-order valence-electron chi connectivity index (χ1n) is 5.65. The summed E-state index contributed by atoms with van der Waals surface area (Å²) in [6.07, 6.45) is 3.17. The number of imidazole rings is 1. The van der Waals surface area contributed by atoms with Crippen LogP contribution in [-0.4, -0.2) is 22.5 Å². The van der Waals surface area contributed by atoms with Gasteiger partial charge in [-0.25, -0.2) is 4.98 Å². The summed E-state index contributed by atoms with van der Waals surface area (Å²) < 4.78 is 5.30. The number of H-pyrrole nitrogens is 1. The average Bonchev–Trinajstić information content (AvgIpc) is 2.96. The Morgan fingerprint density at radius 1 is 1.47 bits per heavy atom. The van der Waals surface area contributed by atoms with Crippen molar-refractivity contribution in [2.45, 2.75) is 6.54 Å². The molecule has 2 rings (SSSR count). The average molecular weight is 256 g/mol. The summed E-state index contributed by atoms with van der Waals surface area (Å²) in [7, 11) is 0. The zero-order valence-electron chi connectivity index (χ0n) is 10.1. The monoisotopic (exact) mass is 256 g/mol. The molecule has 1 heterocycles. The van der Waals surface area contributed by atoms with E-state index >= 15 is 0 Å². The number of nitrogens with one attached hydrogen (secondary N) is 2. The highest BCUT2D eigenvalue weighted by atomic mass is 16.5. The Kier molecular flexibility index (Phi) is 4.13. The number of hydrogen-bond acceptors (Lipinski definition) is 4. The molecule has 0 saturated heterocycles. The van der Waals surface area contributed by atoms with Gasteiger partial charge in [-0.05, 0) is 12.1 Å². The lowest BCUT2D eigenvalue weighted by atomic mass is 10.2. The number of nitriles is 1. The van der Waals surface area contributed by atoms with Gasteiger partial charge in [-0.2, -0.15) is 5.26 Å². The smallest absolute Gasteiger partial charge is 0.258 e. The third kappa shape index (κ3) is 3.57. The van der Waals surface area contributed by atoms with Crippen molar-refractivity contribution in [1.82, 2.24) is 15.3 Å². The molecule has 2 N–H and O–H groups in total. The van der Waals surface area contributed by atoms with Crippen LogP contribution < -0.4 is 10.1 Å². The molecule has 19 heavy (non-hydrogen) atoms. The van der Waals surface area contributed by atoms with E-state index in [1.54, 1.807) is 36.8 Å². The summed E-state index contributed by atoms with van der Waals surface area (Å²) >= 11 is 0. The van der Waals surface area contributed by atoms with Crippen molar-refractivity contribution in [2.75, 3.05) is 6.61 Å². The van der Waals surface area contributed by atoms with Crippen molar-refractivity contribution in [1.29, 1.82) is 5.26 Å². The molecule has 0 aliphatic carbocycles. The number of amides is 1. The SMILES string of the molecule is N#Cc1ccccc1OCC(=O)NCc1cnc[nH]1.